The Hall–Kier alpha value is -2.13. The Kier molecular flexibility index (Phi) is 5.71. The van der Waals surface area contributed by atoms with Crippen molar-refractivity contribution in [1.82, 2.24) is 19.6 Å². The van der Waals surface area contributed by atoms with Crippen molar-refractivity contribution in [3.63, 3.8) is 0 Å². The summed E-state index contributed by atoms with van der Waals surface area (Å²) in [4.78, 5) is 4.32. The van der Waals surface area contributed by atoms with Crippen molar-refractivity contribution in [3.05, 3.63) is 47.3 Å². The Morgan fingerprint density at radius 3 is 2.52 bits per heavy atom. The fourth-order valence-corrected chi connectivity index (χ4v) is 3.33. The molecule has 1 saturated heterocycles. The summed E-state index contributed by atoms with van der Waals surface area (Å²) in [5.74, 6) is 0. The predicted molar refractivity (Wildman–Crippen MR) is 102 cm³/mol. The van der Waals surface area contributed by atoms with Gasteiger partial charge in [-0.2, -0.15) is 18.3 Å². The van der Waals surface area contributed by atoms with Crippen molar-refractivity contribution in [1.29, 1.82) is 0 Å². The van der Waals surface area contributed by atoms with Gasteiger partial charge in [0.05, 0.1) is 11.8 Å². The molecule has 0 bridgehead atoms. The Bertz CT molecular complexity index is 810. The highest BCUT2D eigenvalue weighted by Gasteiger charge is 2.30. The van der Waals surface area contributed by atoms with Crippen LogP contribution in [-0.4, -0.2) is 50.9 Å². The molecular weight excluding hydrogens is 375 g/mol. The van der Waals surface area contributed by atoms with E-state index in [1.165, 1.54) is 11.6 Å². The lowest BCUT2D eigenvalue weighted by molar-refractivity contribution is -0.137. The molecule has 1 fully saturated rings. The Balaban J connectivity index is 1.53. The fraction of sp³-hybridized carbons (Fsp3) is 0.444. The molecule has 146 valence electrons. The summed E-state index contributed by atoms with van der Waals surface area (Å²) in [6.45, 7) is 6.00. The third-order valence-electron chi connectivity index (χ3n) is 4.83. The van der Waals surface area contributed by atoms with Gasteiger partial charge in [-0.05, 0) is 37.3 Å². The van der Waals surface area contributed by atoms with Gasteiger partial charge in [-0.3, -0.25) is 9.58 Å². The molecule has 1 aliphatic rings. The molecule has 0 radical (unpaired) electrons. The van der Waals surface area contributed by atoms with Gasteiger partial charge in [-0.1, -0.05) is 6.07 Å². The zero-order valence-electron chi connectivity index (χ0n) is 15.3. The molecule has 0 atom stereocenters. The highest BCUT2D eigenvalue weighted by Crippen LogP contribution is 2.30. The molecule has 9 heteroatoms. The van der Waals surface area contributed by atoms with Gasteiger partial charge in [0.25, 0.3) is 0 Å². The van der Waals surface area contributed by atoms with Crippen LogP contribution in [0.25, 0.3) is 0 Å². The summed E-state index contributed by atoms with van der Waals surface area (Å²) in [5.41, 5.74) is 2.02. The molecule has 0 amide bonds. The molecule has 0 saturated carbocycles. The molecule has 27 heavy (non-hydrogen) atoms. The number of piperazine rings is 1. The van der Waals surface area contributed by atoms with Crippen molar-refractivity contribution in [2.75, 3.05) is 31.5 Å². The lowest BCUT2D eigenvalue weighted by Crippen LogP contribution is -2.49. The second kappa shape index (κ2) is 7.85. The molecule has 1 aliphatic heterocycles. The van der Waals surface area contributed by atoms with Gasteiger partial charge in [0.1, 0.15) is 0 Å². The van der Waals surface area contributed by atoms with Gasteiger partial charge in [-0.15, -0.1) is 0 Å². The summed E-state index contributed by atoms with van der Waals surface area (Å²) < 4.78 is 40.3. The minimum absolute atomic E-state index is 0.350. The molecule has 3 rings (SSSR count). The second-order valence-corrected chi connectivity index (χ2v) is 7.04. The standard InChI is InChI=1S/C18H22F3N5S/c1-13-14(11-22-24(13)2)12-25-6-8-26(9-7-25)17(27)23-16-5-3-4-15(10-16)18(19,20)21/h3-5,10-11H,6-9,12H2,1-2H3,(H,23,27). The first-order valence-electron chi connectivity index (χ1n) is 8.67. The first-order valence-corrected chi connectivity index (χ1v) is 9.08. The van der Waals surface area contributed by atoms with Crippen molar-refractivity contribution in [3.8, 4) is 0 Å². The average molecular weight is 397 g/mol. The maximum Gasteiger partial charge on any atom is 0.416 e. The second-order valence-electron chi connectivity index (χ2n) is 6.65. The molecule has 2 aromatic rings. The maximum atomic E-state index is 12.8. The number of aromatic nitrogens is 2. The fourth-order valence-electron chi connectivity index (χ4n) is 3.03. The van der Waals surface area contributed by atoms with Crippen LogP contribution in [0.3, 0.4) is 0 Å². The van der Waals surface area contributed by atoms with Gasteiger partial charge < -0.3 is 10.2 Å². The smallest absolute Gasteiger partial charge is 0.346 e. The number of anilines is 1. The van der Waals surface area contributed by atoms with Crippen molar-refractivity contribution in [2.45, 2.75) is 19.6 Å². The number of halogens is 3. The highest BCUT2D eigenvalue weighted by atomic mass is 32.1. The largest absolute Gasteiger partial charge is 0.416 e. The van der Waals surface area contributed by atoms with Gasteiger partial charge in [0.15, 0.2) is 5.11 Å². The van der Waals surface area contributed by atoms with Crippen LogP contribution in [0.5, 0.6) is 0 Å². The summed E-state index contributed by atoms with van der Waals surface area (Å²) in [6, 6.07) is 5.09. The molecule has 0 aliphatic carbocycles. The zero-order valence-corrected chi connectivity index (χ0v) is 16.1. The van der Waals surface area contributed by atoms with E-state index < -0.39 is 11.7 Å². The van der Waals surface area contributed by atoms with E-state index in [4.69, 9.17) is 12.2 Å². The molecule has 5 nitrogen and oxygen atoms in total. The first kappa shape index (κ1) is 19.6. The van der Waals surface area contributed by atoms with E-state index in [1.807, 2.05) is 29.7 Å². The monoisotopic (exact) mass is 397 g/mol. The summed E-state index contributed by atoms with van der Waals surface area (Å²) in [6.07, 6.45) is -2.48. The minimum atomic E-state index is -4.37. The van der Waals surface area contributed by atoms with Gasteiger partial charge in [-0.25, -0.2) is 0 Å². The maximum absolute atomic E-state index is 12.8. The number of nitrogens with zero attached hydrogens (tertiary/aromatic N) is 4. The van der Waals surface area contributed by atoms with Crippen LogP contribution in [0.2, 0.25) is 0 Å². The van der Waals surface area contributed by atoms with Gasteiger partial charge >= 0.3 is 6.18 Å². The van der Waals surface area contributed by atoms with Gasteiger partial charge in [0, 0.05) is 56.7 Å². The number of rotatable bonds is 3. The van der Waals surface area contributed by atoms with E-state index in [2.05, 4.69) is 15.3 Å². The number of thiocarbonyl (C=S) groups is 1. The van der Waals surface area contributed by atoms with Crippen molar-refractivity contribution in [2.24, 2.45) is 7.05 Å². The summed E-state index contributed by atoms with van der Waals surface area (Å²) in [5, 5.41) is 7.64. The van der Waals surface area contributed by atoms with Crippen LogP contribution in [0.1, 0.15) is 16.8 Å². The quantitative estimate of drug-likeness (QED) is 0.805. The van der Waals surface area contributed by atoms with E-state index >= 15 is 0 Å². The third kappa shape index (κ3) is 4.78. The van der Waals surface area contributed by atoms with E-state index in [-0.39, 0.29) is 0 Å². The Morgan fingerprint density at radius 2 is 1.93 bits per heavy atom. The SMILES string of the molecule is Cc1c(CN2CCN(C(=S)Nc3cccc(C(F)(F)F)c3)CC2)cnn1C. The number of benzene rings is 1. The third-order valence-corrected chi connectivity index (χ3v) is 5.19. The highest BCUT2D eigenvalue weighted by molar-refractivity contribution is 7.80. The molecule has 0 spiro atoms. The van der Waals surface area contributed by atoms with Crippen LogP contribution in [0, 0.1) is 6.92 Å². The number of nitrogens with one attached hydrogen (secondary N) is 1. The first-order chi connectivity index (χ1) is 12.7. The van der Waals surface area contributed by atoms with E-state index in [1.54, 1.807) is 6.07 Å². The van der Waals surface area contributed by atoms with Crippen LogP contribution in [0.4, 0.5) is 18.9 Å². The van der Waals surface area contributed by atoms with Crippen LogP contribution >= 0.6 is 12.2 Å². The number of hydrogen-bond acceptors (Lipinski definition) is 3. The molecule has 1 aromatic carbocycles. The average Bonchev–Trinajstić information content (AvgIpc) is 2.94. The summed E-state index contributed by atoms with van der Waals surface area (Å²) >= 11 is 5.39. The van der Waals surface area contributed by atoms with E-state index in [0.717, 1.165) is 50.6 Å². The number of aryl methyl sites for hydroxylation is 1. The lowest BCUT2D eigenvalue weighted by Gasteiger charge is -2.36. The number of alkyl halides is 3. The molecule has 2 heterocycles. The summed E-state index contributed by atoms with van der Waals surface area (Å²) in [7, 11) is 1.93. The normalized spacial score (nSPS) is 15.8. The van der Waals surface area contributed by atoms with Crippen LogP contribution in [0.15, 0.2) is 30.5 Å². The van der Waals surface area contributed by atoms with Crippen LogP contribution < -0.4 is 5.32 Å². The molecular formula is C18H22F3N5S. The zero-order chi connectivity index (χ0) is 19.6. The van der Waals surface area contributed by atoms with E-state index in [0.29, 0.717) is 10.8 Å². The topological polar surface area (TPSA) is 36.3 Å². The van der Waals surface area contributed by atoms with E-state index in [9.17, 15) is 13.2 Å². The minimum Gasteiger partial charge on any atom is -0.346 e. The predicted octanol–water partition coefficient (Wildman–Crippen LogP) is 3.26. The molecule has 1 aromatic heterocycles. The van der Waals surface area contributed by atoms with Crippen LogP contribution in [-0.2, 0) is 19.8 Å². The van der Waals surface area contributed by atoms with Gasteiger partial charge in [0.2, 0.25) is 0 Å². The van der Waals surface area contributed by atoms with Crippen molar-refractivity contribution >= 4 is 23.0 Å². The Labute approximate surface area is 161 Å². The van der Waals surface area contributed by atoms with Crippen molar-refractivity contribution < 1.29 is 13.2 Å². The molecule has 1 N–H and O–H groups in total. The number of hydrogen-bond donors (Lipinski definition) is 1. The lowest BCUT2D eigenvalue weighted by atomic mass is 10.2. The molecule has 0 unspecified atom stereocenters. The Morgan fingerprint density at radius 1 is 1.22 bits per heavy atom.